The summed E-state index contributed by atoms with van der Waals surface area (Å²) in [5.74, 6) is 0.780. The Morgan fingerprint density at radius 2 is 2.33 bits per heavy atom. The van der Waals surface area contributed by atoms with Crippen LogP contribution in [0.1, 0.15) is 18.0 Å². The second-order valence-electron chi connectivity index (χ2n) is 3.47. The van der Waals surface area contributed by atoms with Gasteiger partial charge in [-0.2, -0.15) is 0 Å². The van der Waals surface area contributed by atoms with Gasteiger partial charge in [0.25, 0.3) is 0 Å². The van der Waals surface area contributed by atoms with Crippen molar-refractivity contribution in [1.29, 1.82) is 0 Å². The molecule has 1 unspecified atom stereocenters. The Balaban J connectivity index is 2.42. The van der Waals surface area contributed by atoms with Gasteiger partial charge in [-0.05, 0) is 6.07 Å². The highest BCUT2D eigenvalue weighted by atomic mass is 35.5. The van der Waals surface area contributed by atoms with Gasteiger partial charge in [0.2, 0.25) is 0 Å². The molecular formula is C11H12ClNO2. The van der Waals surface area contributed by atoms with E-state index in [1.54, 1.807) is 13.2 Å². The lowest BCUT2D eigenvalue weighted by Crippen LogP contribution is -2.18. The Labute approximate surface area is 93.4 Å². The Morgan fingerprint density at radius 3 is 2.93 bits per heavy atom. The van der Waals surface area contributed by atoms with Crippen LogP contribution in [0.25, 0.3) is 0 Å². The van der Waals surface area contributed by atoms with E-state index in [0.717, 1.165) is 12.1 Å². The number of hydrogen-bond donors (Lipinski definition) is 1. The van der Waals surface area contributed by atoms with E-state index in [4.69, 9.17) is 16.3 Å². The third-order valence-corrected chi connectivity index (χ3v) is 2.85. The average molecular weight is 226 g/mol. The minimum atomic E-state index is -0.265. The molecule has 1 heterocycles. The van der Waals surface area contributed by atoms with Gasteiger partial charge < -0.3 is 10.1 Å². The van der Waals surface area contributed by atoms with Gasteiger partial charge in [0, 0.05) is 18.5 Å². The molecule has 0 bridgehead atoms. The highest BCUT2D eigenvalue weighted by Gasteiger charge is 2.28. The predicted molar refractivity (Wildman–Crippen MR) is 58.4 cm³/mol. The van der Waals surface area contributed by atoms with E-state index in [1.807, 2.05) is 12.1 Å². The molecule has 1 aromatic rings. The summed E-state index contributed by atoms with van der Waals surface area (Å²) in [5.41, 5.74) is 0.826. The third kappa shape index (κ3) is 1.85. The number of para-hydroxylation sites is 1. The maximum absolute atomic E-state index is 11.6. The number of halogens is 1. The molecule has 1 saturated heterocycles. The van der Waals surface area contributed by atoms with E-state index in [-0.39, 0.29) is 11.8 Å². The van der Waals surface area contributed by atoms with Gasteiger partial charge >= 0.3 is 0 Å². The zero-order chi connectivity index (χ0) is 10.8. The molecule has 1 aliphatic rings. The molecule has 4 heteroatoms. The largest absolute Gasteiger partial charge is 0.495 e. The summed E-state index contributed by atoms with van der Waals surface area (Å²) in [4.78, 5) is 11.6. The van der Waals surface area contributed by atoms with Crippen LogP contribution in [-0.4, -0.2) is 19.4 Å². The Hall–Kier alpha value is -1.06. The monoisotopic (exact) mass is 225 g/mol. The van der Waals surface area contributed by atoms with Crippen LogP contribution in [0.15, 0.2) is 18.2 Å². The maximum Gasteiger partial charge on any atom is 0.155 e. The zero-order valence-corrected chi connectivity index (χ0v) is 9.17. The first-order chi connectivity index (χ1) is 7.24. The zero-order valence-electron chi connectivity index (χ0n) is 8.42. The molecule has 1 fully saturated rings. The van der Waals surface area contributed by atoms with Crippen LogP contribution in [0, 0.1) is 0 Å². The number of carbonyl (C=O) groups is 1. The van der Waals surface area contributed by atoms with Crippen molar-refractivity contribution in [1.82, 2.24) is 5.32 Å². The molecule has 1 aromatic carbocycles. The van der Waals surface area contributed by atoms with Gasteiger partial charge in [0.05, 0.1) is 18.2 Å². The Kier molecular flexibility index (Phi) is 2.93. The first-order valence-corrected chi connectivity index (χ1v) is 5.20. The van der Waals surface area contributed by atoms with E-state index in [9.17, 15) is 4.79 Å². The minimum absolute atomic E-state index is 0.190. The van der Waals surface area contributed by atoms with Crippen LogP contribution >= 0.6 is 11.6 Å². The molecule has 2 rings (SSSR count). The number of carbonyl (C=O) groups excluding carboxylic acids is 1. The van der Waals surface area contributed by atoms with Gasteiger partial charge in [-0.15, -0.1) is 0 Å². The van der Waals surface area contributed by atoms with Crippen molar-refractivity contribution in [3.63, 3.8) is 0 Å². The molecule has 0 radical (unpaired) electrons. The molecule has 0 amide bonds. The standard InChI is InChI=1S/C11H12ClNO2/c1-15-11-7(3-2-4-8(11)12)10-9(14)5-6-13-10/h2-4,10,13H,5-6H2,1H3. The van der Waals surface area contributed by atoms with Crippen LogP contribution in [0.3, 0.4) is 0 Å². The quantitative estimate of drug-likeness (QED) is 0.836. The van der Waals surface area contributed by atoms with Crippen LogP contribution < -0.4 is 10.1 Å². The summed E-state index contributed by atoms with van der Waals surface area (Å²) in [6, 6.07) is 5.18. The van der Waals surface area contributed by atoms with Crippen molar-refractivity contribution >= 4 is 17.4 Å². The summed E-state index contributed by atoms with van der Waals surface area (Å²) in [6.07, 6.45) is 0.570. The highest BCUT2D eigenvalue weighted by Crippen LogP contribution is 2.34. The number of hydrogen-bond acceptors (Lipinski definition) is 3. The van der Waals surface area contributed by atoms with Crippen LogP contribution in [0.4, 0.5) is 0 Å². The highest BCUT2D eigenvalue weighted by molar-refractivity contribution is 6.32. The summed E-state index contributed by atoms with van der Waals surface area (Å²) in [7, 11) is 1.56. The van der Waals surface area contributed by atoms with E-state index in [2.05, 4.69) is 5.32 Å². The molecule has 0 saturated carbocycles. The lowest BCUT2D eigenvalue weighted by molar-refractivity contribution is -0.118. The predicted octanol–water partition coefficient (Wildman–Crippen LogP) is 1.95. The van der Waals surface area contributed by atoms with Crippen LogP contribution in [0.5, 0.6) is 5.75 Å². The van der Waals surface area contributed by atoms with Crippen molar-refractivity contribution in [2.24, 2.45) is 0 Å². The number of nitrogens with one attached hydrogen (secondary N) is 1. The van der Waals surface area contributed by atoms with Crippen molar-refractivity contribution in [2.75, 3.05) is 13.7 Å². The van der Waals surface area contributed by atoms with E-state index < -0.39 is 0 Å². The number of Topliss-reactive ketones (excluding diaryl/α,β-unsaturated/α-hetero) is 1. The first kappa shape index (κ1) is 10.5. The summed E-state index contributed by atoms with van der Waals surface area (Å²) in [5, 5.41) is 3.67. The van der Waals surface area contributed by atoms with Crippen molar-refractivity contribution < 1.29 is 9.53 Å². The van der Waals surface area contributed by atoms with Crippen molar-refractivity contribution in [2.45, 2.75) is 12.5 Å². The van der Waals surface area contributed by atoms with Gasteiger partial charge in [0.1, 0.15) is 5.75 Å². The fourth-order valence-electron chi connectivity index (χ4n) is 1.85. The summed E-state index contributed by atoms with van der Waals surface area (Å²) >= 11 is 5.99. The fourth-order valence-corrected chi connectivity index (χ4v) is 2.11. The van der Waals surface area contributed by atoms with E-state index in [1.165, 1.54) is 0 Å². The number of methoxy groups -OCH3 is 1. The Bertz CT molecular complexity index is 392. The average Bonchev–Trinajstić information content (AvgIpc) is 2.64. The molecule has 0 aromatic heterocycles. The van der Waals surface area contributed by atoms with Gasteiger partial charge in [-0.1, -0.05) is 23.7 Å². The normalized spacial score (nSPS) is 20.7. The molecule has 0 aliphatic carbocycles. The third-order valence-electron chi connectivity index (χ3n) is 2.55. The van der Waals surface area contributed by atoms with Gasteiger partial charge in [-0.25, -0.2) is 0 Å². The summed E-state index contributed by atoms with van der Waals surface area (Å²) < 4.78 is 5.21. The smallest absolute Gasteiger partial charge is 0.155 e. The van der Waals surface area contributed by atoms with Crippen LogP contribution in [0.2, 0.25) is 5.02 Å². The maximum atomic E-state index is 11.6. The second kappa shape index (κ2) is 4.21. The lowest BCUT2D eigenvalue weighted by atomic mass is 10.0. The van der Waals surface area contributed by atoms with Crippen molar-refractivity contribution in [3.8, 4) is 5.75 Å². The molecule has 3 nitrogen and oxygen atoms in total. The topological polar surface area (TPSA) is 38.3 Å². The van der Waals surface area contributed by atoms with Crippen LogP contribution in [-0.2, 0) is 4.79 Å². The first-order valence-electron chi connectivity index (χ1n) is 4.82. The van der Waals surface area contributed by atoms with Gasteiger partial charge in [-0.3, -0.25) is 4.79 Å². The molecule has 80 valence electrons. The summed E-state index contributed by atoms with van der Waals surface area (Å²) in [6.45, 7) is 0.721. The van der Waals surface area contributed by atoms with E-state index >= 15 is 0 Å². The number of benzene rings is 1. The van der Waals surface area contributed by atoms with Gasteiger partial charge in [0.15, 0.2) is 5.78 Å². The lowest BCUT2D eigenvalue weighted by Gasteiger charge is -2.14. The molecule has 0 spiro atoms. The number of ether oxygens (including phenoxy) is 1. The minimum Gasteiger partial charge on any atom is -0.495 e. The molecule has 15 heavy (non-hydrogen) atoms. The molecule has 1 N–H and O–H groups in total. The SMILES string of the molecule is COc1c(Cl)cccc1C1NCCC1=O. The molecule has 1 atom stereocenters. The van der Waals surface area contributed by atoms with Crippen molar-refractivity contribution in [3.05, 3.63) is 28.8 Å². The molecule has 1 aliphatic heterocycles. The number of ketones is 1. The number of rotatable bonds is 2. The fraction of sp³-hybridized carbons (Fsp3) is 0.364. The molecular weight excluding hydrogens is 214 g/mol. The van der Waals surface area contributed by atoms with E-state index in [0.29, 0.717) is 17.2 Å². The Morgan fingerprint density at radius 1 is 1.53 bits per heavy atom. The second-order valence-corrected chi connectivity index (χ2v) is 3.87.